The zero-order valence-corrected chi connectivity index (χ0v) is 20.9. The Bertz CT molecular complexity index is 1490. The maximum atomic E-state index is 13.1. The molecule has 3 aromatic heterocycles. The highest BCUT2D eigenvalue weighted by atomic mass is 16.5. The van der Waals surface area contributed by atoms with Crippen molar-refractivity contribution in [1.82, 2.24) is 29.6 Å². The van der Waals surface area contributed by atoms with Crippen LogP contribution in [-0.4, -0.2) is 69.5 Å². The lowest BCUT2D eigenvalue weighted by Gasteiger charge is -2.39. The van der Waals surface area contributed by atoms with Crippen LogP contribution in [-0.2, 0) is 0 Å². The first-order chi connectivity index (χ1) is 18.1. The molecule has 4 heterocycles. The lowest BCUT2D eigenvalue weighted by atomic mass is 9.90. The molecule has 1 aliphatic carbocycles. The summed E-state index contributed by atoms with van der Waals surface area (Å²) < 4.78 is 9.23. The number of fused-ring (bicyclic) bond motifs is 2. The SMILES string of the molecule is [C-]#[N+]c1cnn2c(C(=O)Nc3cc4cn(C5CCC(N6CCNCC6)CC5)nc4cc3OC)ccc2c1. The van der Waals surface area contributed by atoms with E-state index in [4.69, 9.17) is 16.4 Å². The second-order valence-electron chi connectivity index (χ2n) is 9.80. The van der Waals surface area contributed by atoms with E-state index in [1.54, 1.807) is 25.3 Å². The highest BCUT2D eigenvalue weighted by Gasteiger charge is 2.28. The maximum absolute atomic E-state index is 13.1. The summed E-state index contributed by atoms with van der Waals surface area (Å²) in [4.78, 5) is 19.2. The van der Waals surface area contributed by atoms with E-state index < -0.39 is 0 Å². The smallest absolute Gasteiger partial charge is 0.274 e. The number of hydrogen-bond acceptors (Lipinski definition) is 6. The van der Waals surface area contributed by atoms with E-state index >= 15 is 0 Å². The van der Waals surface area contributed by atoms with Gasteiger partial charge >= 0.3 is 0 Å². The average molecular weight is 499 g/mol. The van der Waals surface area contributed by atoms with Crippen LogP contribution in [0.4, 0.5) is 11.4 Å². The van der Waals surface area contributed by atoms with Crippen LogP contribution >= 0.6 is 0 Å². The van der Waals surface area contributed by atoms with Gasteiger partial charge in [-0.05, 0) is 49.9 Å². The summed E-state index contributed by atoms with van der Waals surface area (Å²) in [7, 11) is 1.59. The molecule has 10 nitrogen and oxygen atoms in total. The van der Waals surface area contributed by atoms with Crippen molar-refractivity contribution < 1.29 is 9.53 Å². The molecule has 0 spiro atoms. The minimum Gasteiger partial charge on any atom is -0.494 e. The second-order valence-corrected chi connectivity index (χ2v) is 9.80. The van der Waals surface area contributed by atoms with E-state index in [1.165, 1.54) is 23.6 Å². The molecule has 0 atom stereocenters. The fourth-order valence-electron chi connectivity index (χ4n) is 5.67. The number of nitrogens with zero attached hydrogens (tertiary/aromatic N) is 6. The van der Waals surface area contributed by atoms with Crippen LogP contribution in [0.3, 0.4) is 0 Å². The third-order valence-corrected chi connectivity index (χ3v) is 7.65. The van der Waals surface area contributed by atoms with Crippen molar-refractivity contribution in [1.29, 1.82) is 0 Å². The summed E-state index contributed by atoms with van der Waals surface area (Å²) >= 11 is 0. The van der Waals surface area contributed by atoms with Crippen molar-refractivity contribution >= 4 is 33.7 Å². The lowest BCUT2D eigenvalue weighted by Crippen LogP contribution is -2.49. The van der Waals surface area contributed by atoms with Gasteiger partial charge in [0.25, 0.3) is 5.91 Å². The van der Waals surface area contributed by atoms with Gasteiger partial charge in [-0.15, -0.1) is 0 Å². The molecule has 4 aromatic rings. The standard InChI is InChI=1S/C27H30N8O2/c1-28-19-14-22-7-8-25(35(22)30-16-19)27(36)31-24-13-18-17-34(32-23(18)15-26(24)37-2)21-5-3-20(4-6-21)33-11-9-29-10-12-33/h7-8,13-17,20-21,29H,3-6,9-12H2,2H3,(H,31,36). The molecule has 10 heteroatoms. The Labute approximate surface area is 215 Å². The average Bonchev–Trinajstić information content (AvgIpc) is 3.56. The third kappa shape index (κ3) is 4.52. The topological polar surface area (TPSA) is 93.1 Å². The molecule has 6 rings (SSSR count). The molecule has 1 aliphatic heterocycles. The molecule has 190 valence electrons. The van der Waals surface area contributed by atoms with Gasteiger partial charge in [-0.1, -0.05) is 0 Å². The number of amides is 1. The molecule has 1 aromatic carbocycles. The molecular weight excluding hydrogens is 468 g/mol. The Hall–Kier alpha value is -3.94. The van der Waals surface area contributed by atoms with Crippen LogP contribution < -0.4 is 15.4 Å². The van der Waals surface area contributed by atoms with Crippen molar-refractivity contribution in [3.05, 3.63) is 59.8 Å². The fourth-order valence-corrected chi connectivity index (χ4v) is 5.67. The summed E-state index contributed by atoms with van der Waals surface area (Å²) in [5, 5.41) is 16.5. The van der Waals surface area contributed by atoms with Gasteiger partial charge in [-0.3, -0.25) is 14.4 Å². The van der Waals surface area contributed by atoms with Crippen molar-refractivity contribution in [3.63, 3.8) is 0 Å². The Kier molecular flexibility index (Phi) is 6.24. The predicted molar refractivity (Wildman–Crippen MR) is 141 cm³/mol. The first-order valence-electron chi connectivity index (χ1n) is 12.8. The van der Waals surface area contributed by atoms with Crippen LogP contribution in [0, 0.1) is 6.57 Å². The molecule has 0 bridgehead atoms. The molecule has 1 saturated heterocycles. The highest BCUT2D eigenvalue weighted by molar-refractivity contribution is 6.05. The molecule has 2 aliphatic rings. The molecule has 2 N–H and O–H groups in total. The number of nitrogens with one attached hydrogen (secondary N) is 2. The number of rotatable bonds is 5. The predicted octanol–water partition coefficient (Wildman–Crippen LogP) is 3.88. The van der Waals surface area contributed by atoms with Crippen molar-refractivity contribution in [2.45, 2.75) is 37.8 Å². The highest BCUT2D eigenvalue weighted by Crippen LogP contribution is 2.34. The summed E-state index contributed by atoms with van der Waals surface area (Å²) in [5.74, 6) is 0.247. The molecule has 1 saturated carbocycles. The van der Waals surface area contributed by atoms with Gasteiger partial charge < -0.3 is 15.4 Å². The summed E-state index contributed by atoms with van der Waals surface area (Å²) in [6, 6.07) is 10.0. The summed E-state index contributed by atoms with van der Waals surface area (Å²) in [5.41, 5.74) is 2.92. The Morgan fingerprint density at radius 2 is 1.92 bits per heavy atom. The molecule has 37 heavy (non-hydrogen) atoms. The molecular formula is C27H30N8O2. The first-order valence-corrected chi connectivity index (χ1v) is 12.8. The van der Waals surface area contributed by atoms with Gasteiger partial charge in [0.2, 0.25) is 5.69 Å². The molecule has 1 amide bonds. The number of piperazine rings is 1. The maximum Gasteiger partial charge on any atom is 0.274 e. The van der Waals surface area contributed by atoms with Crippen LogP contribution in [0.25, 0.3) is 21.3 Å². The minimum absolute atomic E-state index is 0.306. The van der Waals surface area contributed by atoms with Gasteiger partial charge in [0, 0.05) is 49.9 Å². The van der Waals surface area contributed by atoms with Gasteiger partial charge in [0.15, 0.2) is 0 Å². The van der Waals surface area contributed by atoms with Crippen LogP contribution in [0.1, 0.15) is 42.2 Å². The molecule has 2 fully saturated rings. The number of hydrogen-bond donors (Lipinski definition) is 2. The Morgan fingerprint density at radius 3 is 2.68 bits per heavy atom. The normalized spacial score (nSPS) is 20.6. The third-order valence-electron chi connectivity index (χ3n) is 7.65. The van der Waals surface area contributed by atoms with E-state index in [1.807, 2.05) is 12.1 Å². The summed E-state index contributed by atoms with van der Waals surface area (Å²) in [6.07, 6.45) is 8.17. The number of aromatic nitrogens is 4. The Morgan fingerprint density at radius 1 is 1.14 bits per heavy atom. The number of anilines is 1. The minimum atomic E-state index is -0.306. The van der Waals surface area contributed by atoms with Crippen LogP contribution in [0.15, 0.2) is 42.7 Å². The van der Waals surface area contributed by atoms with E-state index in [2.05, 4.69) is 36.4 Å². The van der Waals surface area contributed by atoms with Crippen molar-refractivity contribution in [3.8, 4) is 5.75 Å². The molecule has 0 radical (unpaired) electrons. The molecule has 0 unspecified atom stereocenters. The second kappa shape index (κ2) is 9.84. The zero-order chi connectivity index (χ0) is 25.4. The number of methoxy groups -OCH3 is 1. The first kappa shape index (κ1) is 23.5. The summed E-state index contributed by atoms with van der Waals surface area (Å²) in [6.45, 7) is 11.6. The van der Waals surface area contributed by atoms with Crippen molar-refractivity contribution in [2.75, 3.05) is 38.6 Å². The number of carbonyl (C=O) groups is 1. The zero-order valence-electron chi connectivity index (χ0n) is 20.9. The Balaban J connectivity index is 1.20. The van der Waals surface area contributed by atoms with Gasteiger partial charge in [0.1, 0.15) is 11.4 Å². The lowest BCUT2D eigenvalue weighted by molar-refractivity contribution is 0.102. The van der Waals surface area contributed by atoms with Crippen LogP contribution in [0.2, 0.25) is 0 Å². The monoisotopic (exact) mass is 498 g/mol. The quantitative estimate of drug-likeness (QED) is 0.406. The van der Waals surface area contributed by atoms with Gasteiger partial charge in [-0.25, -0.2) is 9.36 Å². The largest absolute Gasteiger partial charge is 0.494 e. The van der Waals surface area contributed by atoms with Crippen LogP contribution in [0.5, 0.6) is 5.75 Å². The number of benzene rings is 1. The number of ether oxygens (including phenoxy) is 1. The van der Waals surface area contributed by atoms with Crippen molar-refractivity contribution in [2.24, 2.45) is 0 Å². The van der Waals surface area contributed by atoms with Gasteiger partial charge in [0.05, 0.1) is 42.6 Å². The van der Waals surface area contributed by atoms with E-state index in [0.717, 1.165) is 49.9 Å². The fraction of sp³-hybridized carbons (Fsp3) is 0.407. The van der Waals surface area contributed by atoms with E-state index in [0.29, 0.717) is 40.4 Å². The van der Waals surface area contributed by atoms with E-state index in [9.17, 15) is 4.79 Å². The number of carbonyl (C=O) groups excluding carboxylic acids is 1. The van der Waals surface area contributed by atoms with E-state index in [-0.39, 0.29) is 5.91 Å². The van der Waals surface area contributed by atoms with Gasteiger partial charge in [-0.2, -0.15) is 10.2 Å².